The van der Waals surface area contributed by atoms with E-state index in [2.05, 4.69) is 54.0 Å². The van der Waals surface area contributed by atoms with Gasteiger partial charge in [0.1, 0.15) is 0 Å². The Morgan fingerprint density at radius 1 is 1.00 bits per heavy atom. The van der Waals surface area contributed by atoms with E-state index >= 15 is 0 Å². The van der Waals surface area contributed by atoms with E-state index in [1.165, 1.54) is 12.0 Å². The Bertz CT molecular complexity index is 570. The number of benzene rings is 1. The molecule has 0 atom stereocenters. The molecule has 0 saturated carbocycles. The van der Waals surface area contributed by atoms with Crippen molar-refractivity contribution in [2.45, 2.75) is 52.1 Å². The van der Waals surface area contributed by atoms with Crippen LogP contribution in [0.2, 0.25) is 0 Å². The van der Waals surface area contributed by atoms with Gasteiger partial charge in [-0.1, -0.05) is 44.2 Å². The number of piperazine rings is 1. The summed E-state index contributed by atoms with van der Waals surface area (Å²) in [5.41, 5.74) is 1.70. The van der Waals surface area contributed by atoms with Gasteiger partial charge in [-0.25, -0.2) is 0 Å². The molecule has 2 saturated heterocycles. The van der Waals surface area contributed by atoms with Crippen LogP contribution in [0.3, 0.4) is 0 Å². The molecule has 0 spiro atoms. The maximum absolute atomic E-state index is 11.7. The van der Waals surface area contributed by atoms with Crippen LogP contribution >= 0.6 is 0 Å². The van der Waals surface area contributed by atoms with Crippen molar-refractivity contribution in [1.82, 2.24) is 14.7 Å². The standard InChI is InChI=1S/C22H35N3O/c1-19(2)17-22(9-11-24(12-10-22)20(3)26)25-15-13-23(14-16-25)18-21-7-5-4-6-8-21/h4-8,19H,9-18H2,1-3H3. The number of hydrogen-bond acceptors (Lipinski definition) is 3. The van der Waals surface area contributed by atoms with Crippen molar-refractivity contribution >= 4 is 5.91 Å². The van der Waals surface area contributed by atoms with E-state index in [0.29, 0.717) is 11.5 Å². The molecule has 4 nitrogen and oxygen atoms in total. The zero-order valence-corrected chi connectivity index (χ0v) is 16.8. The number of likely N-dealkylation sites (tertiary alicyclic amines) is 1. The van der Waals surface area contributed by atoms with Crippen LogP contribution < -0.4 is 0 Å². The van der Waals surface area contributed by atoms with Crippen LogP contribution in [-0.2, 0) is 11.3 Å². The molecule has 0 unspecified atom stereocenters. The Morgan fingerprint density at radius 2 is 1.62 bits per heavy atom. The number of carbonyl (C=O) groups is 1. The predicted octanol–water partition coefficient (Wildman–Crippen LogP) is 3.23. The molecule has 26 heavy (non-hydrogen) atoms. The van der Waals surface area contributed by atoms with Crippen molar-refractivity contribution < 1.29 is 4.79 Å². The first-order valence-corrected chi connectivity index (χ1v) is 10.3. The largest absolute Gasteiger partial charge is 0.343 e. The van der Waals surface area contributed by atoms with Crippen molar-refractivity contribution in [2.75, 3.05) is 39.3 Å². The van der Waals surface area contributed by atoms with E-state index in [1.54, 1.807) is 6.92 Å². The van der Waals surface area contributed by atoms with Crippen LogP contribution in [-0.4, -0.2) is 65.4 Å². The normalized spacial score (nSPS) is 21.9. The van der Waals surface area contributed by atoms with Crippen LogP contribution in [0.1, 0.15) is 45.6 Å². The summed E-state index contributed by atoms with van der Waals surface area (Å²) < 4.78 is 0. The zero-order chi connectivity index (χ0) is 18.6. The van der Waals surface area contributed by atoms with E-state index in [9.17, 15) is 4.79 Å². The Balaban J connectivity index is 1.60. The minimum atomic E-state index is 0.232. The fourth-order valence-corrected chi connectivity index (χ4v) is 4.87. The minimum Gasteiger partial charge on any atom is -0.343 e. The van der Waals surface area contributed by atoms with Crippen molar-refractivity contribution in [3.05, 3.63) is 35.9 Å². The number of carbonyl (C=O) groups excluding carboxylic acids is 1. The van der Waals surface area contributed by atoms with Crippen LogP contribution in [0.25, 0.3) is 0 Å². The van der Waals surface area contributed by atoms with Gasteiger partial charge in [-0.3, -0.25) is 14.6 Å². The molecule has 2 aliphatic heterocycles. The molecule has 0 aromatic heterocycles. The van der Waals surface area contributed by atoms with Crippen molar-refractivity contribution in [3.8, 4) is 0 Å². The highest BCUT2D eigenvalue weighted by molar-refractivity contribution is 5.73. The molecule has 2 fully saturated rings. The molecule has 1 aromatic rings. The number of nitrogens with zero attached hydrogens (tertiary/aromatic N) is 3. The lowest BCUT2D eigenvalue weighted by Gasteiger charge is -2.52. The third-order valence-corrected chi connectivity index (χ3v) is 6.22. The van der Waals surface area contributed by atoms with Gasteiger partial charge in [0.15, 0.2) is 0 Å². The maximum Gasteiger partial charge on any atom is 0.219 e. The van der Waals surface area contributed by atoms with Crippen LogP contribution in [0.15, 0.2) is 30.3 Å². The van der Waals surface area contributed by atoms with E-state index in [1.807, 2.05) is 4.90 Å². The van der Waals surface area contributed by atoms with Gasteiger partial charge in [0, 0.05) is 58.3 Å². The van der Waals surface area contributed by atoms with Crippen molar-refractivity contribution in [2.24, 2.45) is 5.92 Å². The first-order chi connectivity index (χ1) is 12.5. The monoisotopic (exact) mass is 357 g/mol. The summed E-state index contributed by atoms with van der Waals surface area (Å²) in [6.45, 7) is 13.9. The van der Waals surface area contributed by atoms with Gasteiger partial charge >= 0.3 is 0 Å². The van der Waals surface area contributed by atoms with Gasteiger partial charge < -0.3 is 4.90 Å². The lowest BCUT2D eigenvalue weighted by atomic mass is 9.78. The molecule has 0 aliphatic carbocycles. The molecule has 2 heterocycles. The zero-order valence-electron chi connectivity index (χ0n) is 16.8. The SMILES string of the molecule is CC(=O)N1CCC(CC(C)C)(N2CCN(Cc3ccccc3)CC2)CC1. The second-order valence-electron chi connectivity index (χ2n) is 8.58. The molecule has 0 N–H and O–H groups in total. The number of amides is 1. The molecule has 2 aliphatic rings. The molecule has 1 amide bonds. The smallest absolute Gasteiger partial charge is 0.219 e. The molecular weight excluding hydrogens is 322 g/mol. The van der Waals surface area contributed by atoms with Gasteiger partial charge in [0.25, 0.3) is 0 Å². The summed E-state index contributed by atoms with van der Waals surface area (Å²) in [6.07, 6.45) is 3.50. The second-order valence-corrected chi connectivity index (χ2v) is 8.58. The topological polar surface area (TPSA) is 26.8 Å². The summed E-state index contributed by atoms with van der Waals surface area (Å²) in [5, 5.41) is 0. The highest BCUT2D eigenvalue weighted by Gasteiger charge is 2.41. The quantitative estimate of drug-likeness (QED) is 0.809. The Hall–Kier alpha value is -1.39. The number of piperidine rings is 1. The van der Waals surface area contributed by atoms with Gasteiger partial charge in [-0.15, -0.1) is 0 Å². The number of rotatable bonds is 5. The Labute approximate surface area is 159 Å². The Morgan fingerprint density at radius 3 is 2.15 bits per heavy atom. The van der Waals surface area contributed by atoms with Gasteiger partial charge in [0.2, 0.25) is 5.91 Å². The first-order valence-electron chi connectivity index (χ1n) is 10.3. The maximum atomic E-state index is 11.7. The number of hydrogen-bond donors (Lipinski definition) is 0. The summed E-state index contributed by atoms with van der Waals surface area (Å²) in [5.74, 6) is 0.928. The Kier molecular flexibility index (Phi) is 6.36. The van der Waals surface area contributed by atoms with Crippen LogP contribution in [0.5, 0.6) is 0 Å². The molecule has 4 heteroatoms. The average molecular weight is 358 g/mol. The molecule has 144 valence electrons. The highest BCUT2D eigenvalue weighted by Crippen LogP contribution is 2.36. The molecule has 1 aromatic carbocycles. The average Bonchev–Trinajstić information content (AvgIpc) is 2.63. The van der Waals surface area contributed by atoms with Gasteiger partial charge in [0.05, 0.1) is 0 Å². The van der Waals surface area contributed by atoms with E-state index in [4.69, 9.17) is 0 Å². The second kappa shape index (κ2) is 8.53. The third-order valence-electron chi connectivity index (χ3n) is 6.22. The van der Waals surface area contributed by atoms with Crippen LogP contribution in [0, 0.1) is 5.92 Å². The fourth-order valence-electron chi connectivity index (χ4n) is 4.87. The first kappa shape index (κ1) is 19.4. The fraction of sp³-hybridized carbons (Fsp3) is 0.682. The van der Waals surface area contributed by atoms with E-state index < -0.39 is 0 Å². The minimum absolute atomic E-state index is 0.232. The lowest BCUT2D eigenvalue weighted by molar-refractivity contribution is -0.132. The van der Waals surface area contributed by atoms with E-state index in [-0.39, 0.29) is 5.91 Å². The van der Waals surface area contributed by atoms with Gasteiger partial charge in [-0.2, -0.15) is 0 Å². The molecular formula is C22H35N3O. The van der Waals surface area contributed by atoms with Gasteiger partial charge in [-0.05, 0) is 30.7 Å². The predicted molar refractivity (Wildman–Crippen MR) is 107 cm³/mol. The summed E-state index contributed by atoms with van der Waals surface area (Å²) in [6, 6.07) is 10.8. The molecule has 3 rings (SSSR count). The van der Waals surface area contributed by atoms with Crippen molar-refractivity contribution in [3.63, 3.8) is 0 Å². The highest BCUT2D eigenvalue weighted by atomic mass is 16.2. The lowest BCUT2D eigenvalue weighted by Crippen LogP contribution is -2.61. The summed E-state index contributed by atoms with van der Waals surface area (Å²) in [7, 11) is 0. The summed E-state index contributed by atoms with van der Waals surface area (Å²) >= 11 is 0. The molecule has 0 radical (unpaired) electrons. The van der Waals surface area contributed by atoms with E-state index in [0.717, 1.165) is 58.7 Å². The van der Waals surface area contributed by atoms with Crippen LogP contribution in [0.4, 0.5) is 0 Å². The van der Waals surface area contributed by atoms with Crippen molar-refractivity contribution in [1.29, 1.82) is 0 Å². The third kappa shape index (κ3) is 4.66. The molecule has 0 bridgehead atoms. The summed E-state index contributed by atoms with van der Waals surface area (Å²) in [4.78, 5) is 19.1.